The second-order valence-electron chi connectivity index (χ2n) is 4.67. The lowest BCUT2D eigenvalue weighted by Crippen LogP contribution is -2.19. The molecule has 1 aromatic rings. The minimum Gasteiger partial charge on any atom is -0.385 e. The van der Waals surface area contributed by atoms with Crippen LogP contribution in [0.3, 0.4) is 0 Å². The summed E-state index contributed by atoms with van der Waals surface area (Å²) in [5.74, 6) is 0.0659. The van der Waals surface area contributed by atoms with Gasteiger partial charge in [0.2, 0.25) is 10.0 Å². The largest absolute Gasteiger partial charge is 0.385 e. The minimum absolute atomic E-state index is 0.0659. The molecule has 1 unspecified atom stereocenters. The fraction of sp³-hybridized carbons (Fsp3) is 0.571. The van der Waals surface area contributed by atoms with E-state index in [0.29, 0.717) is 18.7 Å². The quantitative estimate of drug-likeness (QED) is 0.686. The first-order chi connectivity index (χ1) is 9.48. The summed E-state index contributed by atoms with van der Waals surface area (Å²) in [5, 5.41) is 3.31. The Balaban J connectivity index is 2.60. The molecule has 5 nitrogen and oxygen atoms in total. The van der Waals surface area contributed by atoms with Gasteiger partial charge in [-0.05, 0) is 37.6 Å². The van der Waals surface area contributed by atoms with E-state index >= 15 is 0 Å². The molecule has 0 fully saturated rings. The molecule has 20 heavy (non-hydrogen) atoms. The van der Waals surface area contributed by atoms with Crippen LogP contribution in [-0.2, 0) is 14.8 Å². The summed E-state index contributed by atoms with van der Waals surface area (Å²) in [7, 11) is -1.74. The first-order valence-corrected chi connectivity index (χ1v) is 8.46. The molecule has 0 spiro atoms. The zero-order chi connectivity index (χ0) is 15.0. The number of methoxy groups -OCH3 is 1. The van der Waals surface area contributed by atoms with Gasteiger partial charge in [0.25, 0.3) is 0 Å². The van der Waals surface area contributed by atoms with Crippen molar-refractivity contribution in [2.75, 3.05) is 30.7 Å². The number of anilines is 1. The molecule has 0 aromatic heterocycles. The summed E-state index contributed by atoms with van der Waals surface area (Å²) in [5.41, 5.74) is 1.73. The molecule has 0 saturated carbocycles. The van der Waals surface area contributed by atoms with E-state index in [9.17, 15) is 8.42 Å². The van der Waals surface area contributed by atoms with E-state index in [2.05, 4.69) is 23.9 Å². The zero-order valence-corrected chi connectivity index (χ0v) is 13.2. The Bertz CT molecular complexity index is 486. The fourth-order valence-corrected chi connectivity index (χ4v) is 2.98. The molecule has 1 atom stereocenters. The average molecular weight is 300 g/mol. The fourth-order valence-electron chi connectivity index (χ4n) is 1.89. The molecule has 0 heterocycles. The molecular formula is C14H24N2O3S. The lowest BCUT2D eigenvalue weighted by Gasteiger charge is -2.13. The van der Waals surface area contributed by atoms with Crippen LogP contribution < -0.4 is 10.0 Å². The van der Waals surface area contributed by atoms with E-state index < -0.39 is 10.0 Å². The summed E-state index contributed by atoms with van der Waals surface area (Å²) in [4.78, 5) is 0. The van der Waals surface area contributed by atoms with Crippen LogP contribution in [0, 0.1) is 0 Å². The maximum atomic E-state index is 11.8. The van der Waals surface area contributed by atoms with Gasteiger partial charge in [0.05, 0.1) is 5.75 Å². The highest BCUT2D eigenvalue weighted by molar-refractivity contribution is 7.92. The Morgan fingerprint density at radius 3 is 2.45 bits per heavy atom. The van der Waals surface area contributed by atoms with Gasteiger partial charge in [0.15, 0.2) is 0 Å². The Morgan fingerprint density at radius 1 is 1.25 bits per heavy atom. The SMILES string of the molecule is CCNC(C)c1ccc(NS(=O)(=O)CCCOC)cc1. The number of hydrogen-bond acceptors (Lipinski definition) is 4. The molecule has 0 aliphatic carbocycles. The molecule has 0 aliphatic heterocycles. The van der Waals surface area contributed by atoms with Gasteiger partial charge in [-0.25, -0.2) is 8.42 Å². The van der Waals surface area contributed by atoms with Crippen LogP contribution in [0.5, 0.6) is 0 Å². The zero-order valence-electron chi connectivity index (χ0n) is 12.3. The van der Waals surface area contributed by atoms with Crippen LogP contribution in [0.15, 0.2) is 24.3 Å². The van der Waals surface area contributed by atoms with Gasteiger partial charge in [-0.3, -0.25) is 4.72 Å². The number of sulfonamides is 1. The van der Waals surface area contributed by atoms with E-state index in [1.165, 1.54) is 0 Å². The molecule has 1 rings (SSSR count). The third-order valence-corrected chi connectivity index (χ3v) is 4.33. The van der Waals surface area contributed by atoms with Crippen molar-refractivity contribution in [2.45, 2.75) is 26.3 Å². The minimum atomic E-state index is -3.30. The van der Waals surface area contributed by atoms with Crippen molar-refractivity contribution in [2.24, 2.45) is 0 Å². The third kappa shape index (κ3) is 5.90. The average Bonchev–Trinajstić information content (AvgIpc) is 2.39. The van der Waals surface area contributed by atoms with Gasteiger partial charge in [0.1, 0.15) is 0 Å². The molecule has 114 valence electrons. The summed E-state index contributed by atoms with van der Waals surface area (Å²) < 4.78 is 31.1. The molecule has 0 bridgehead atoms. The predicted octanol–water partition coefficient (Wildman–Crippen LogP) is 2.14. The monoisotopic (exact) mass is 300 g/mol. The van der Waals surface area contributed by atoms with Crippen molar-refractivity contribution in [3.05, 3.63) is 29.8 Å². The number of rotatable bonds is 9. The van der Waals surface area contributed by atoms with E-state index in [0.717, 1.165) is 12.1 Å². The van der Waals surface area contributed by atoms with Crippen molar-refractivity contribution in [3.63, 3.8) is 0 Å². The second-order valence-corrected chi connectivity index (χ2v) is 6.51. The second kappa shape index (κ2) is 8.24. The van der Waals surface area contributed by atoms with Crippen LogP contribution in [0.4, 0.5) is 5.69 Å². The highest BCUT2D eigenvalue weighted by atomic mass is 32.2. The van der Waals surface area contributed by atoms with Gasteiger partial charge >= 0.3 is 0 Å². The Kier molecular flexibility index (Phi) is 6.98. The van der Waals surface area contributed by atoms with Crippen molar-refractivity contribution in [3.8, 4) is 0 Å². The van der Waals surface area contributed by atoms with Gasteiger partial charge in [-0.2, -0.15) is 0 Å². The lowest BCUT2D eigenvalue weighted by atomic mass is 10.1. The number of hydrogen-bond donors (Lipinski definition) is 2. The van der Waals surface area contributed by atoms with Gasteiger partial charge < -0.3 is 10.1 Å². The first kappa shape index (κ1) is 16.9. The highest BCUT2D eigenvalue weighted by Crippen LogP contribution is 2.17. The lowest BCUT2D eigenvalue weighted by molar-refractivity contribution is 0.199. The van der Waals surface area contributed by atoms with E-state index in [1.807, 2.05) is 12.1 Å². The van der Waals surface area contributed by atoms with Gasteiger partial charge in [-0.1, -0.05) is 19.1 Å². The van der Waals surface area contributed by atoms with Crippen LogP contribution in [0.2, 0.25) is 0 Å². The van der Waals surface area contributed by atoms with Gasteiger partial charge in [0, 0.05) is 25.4 Å². The van der Waals surface area contributed by atoms with Crippen LogP contribution in [0.1, 0.15) is 31.9 Å². The molecule has 0 aliphatic rings. The number of nitrogens with one attached hydrogen (secondary N) is 2. The van der Waals surface area contributed by atoms with E-state index in [-0.39, 0.29) is 11.8 Å². The van der Waals surface area contributed by atoms with Crippen LogP contribution in [0.25, 0.3) is 0 Å². The number of benzene rings is 1. The van der Waals surface area contributed by atoms with E-state index in [1.54, 1.807) is 19.2 Å². The maximum absolute atomic E-state index is 11.8. The van der Waals surface area contributed by atoms with Crippen LogP contribution in [-0.4, -0.2) is 34.4 Å². The first-order valence-electron chi connectivity index (χ1n) is 6.81. The molecule has 6 heteroatoms. The standard InChI is InChI=1S/C14H24N2O3S/c1-4-15-12(2)13-6-8-14(9-7-13)16-20(17,18)11-5-10-19-3/h6-9,12,15-16H,4-5,10-11H2,1-3H3. The normalized spacial score (nSPS) is 13.2. The summed E-state index contributed by atoms with van der Waals surface area (Å²) in [6.07, 6.45) is 0.487. The molecule has 1 aromatic carbocycles. The summed E-state index contributed by atoms with van der Waals surface area (Å²) in [6, 6.07) is 7.70. The van der Waals surface area contributed by atoms with Crippen LogP contribution >= 0.6 is 0 Å². The van der Waals surface area contributed by atoms with E-state index in [4.69, 9.17) is 4.74 Å². The Morgan fingerprint density at radius 2 is 1.90 bits per heavy atom. The molecule has 0 amide bonds. The highest BCUT2D eigenvalue weighted by Gasteiger charge is 2.10. The topological polar surface area (TPSA) is 67.4 Å². The Labute approximate surface area is 121 Å². The predicted molar refractivity (Wildman–Crippen MR) is 82.4 cm³/mol. The molecule has 0 saturated heterocycles. The summed E-state index contributed by atoms with van der Waals surface area (Å²) in [6.45, 7) is 5.47. The molecule has 2 N–H and O–H groups in total. The Hall–Kier alpha value is -1.11. The van der Waals surface area contributed by atoms with Crippen molar-refractivity contribution in [1.29, 1.82) is 0 Å². The van der Waals surface area contributed by atoms with Crippen molar-refractivity contribution >= 4 is 15.7 Å². The van der Waals surface area contributed by atoms with Crippen molar-refractivity contribution < 1.29 is 13.2 Å². The van der Waals surface area contributed by atoms with Gasteiger partial charge in [-0.15, -0.1) is 0 Å². The van der Waals surface area contributed by atoms with Crippen molar-refractivity contribution in [1.82, 2.24) is 5.32 Å². The number of ether oxygens (including phenoxy) is 1. The molecule has 0 radical (unpaired) electrons. The molecular weight excluding hydrogens is 276 g/mol. The third-order valence-electron chi connectivity index (χ3n) is 2.96. The maximum Gasteiger partial charge on any atom is 0.232 e. The smallest absolute Gasteiger partial charge is 0.232 e. The summed E-state index contributed by atoms with van der Waals surface area (Å²) >= 11 is 0.